The number of nitrogens with one attached hydrogen (secondary N) is 1. The Bertz CT molecular complexity index is 888. The summed E-state index contributed by atoms with van der Waals surface area (Å²) < 4.78 is 2.44. The maximum Gasteiger partial charge on any atom is 0.105 e. The third-order valence-corrected chi connectivity index (χ3v) is 5.86. The third kappa shape index (κ3) is 2.74. The molecule has 1 N–H and O–H groups in total. The lowest BCUT2D eigenvalue weighted by atomic mass is 10.1. The fourth-order valence-electron chi connectivity index (χ4n) is 3.39. The van der Waals surface area contributed by atoms with Crippen LogP contribution in [0.5, 0.6) is 0 Å². The molecule has 1 aromatic carbocycles. The zero-order valence-electron chi connectivity index (χ0n) is 13.1. The predicted octanol–water partition coefficient (Wildman–Crippen LogP) is 5.02. The van der Waals surface area contributed by atoms with Crippen molar-refractivity contribution in [3.8, 4) is 0 Å². The number of fused-ring (bicyclic) bond motifs is 3. The van der Waals surface area contributed by atoms with Gasteiger partial charge < -0.3 is 9.88 Å². The highest BCUT2D eigenvalue weighted by molar-refractivity contribution is 7.17. The van der Waals surface area contributed by atoms with E-state index in [4.69, 9.17) is 11.6 Å². The van der Waals surface area contributed by atoms with Crippen LogP contribution in [0.2, 0.25) is 5.02 Å². The monoisotopic (exact) mass is 342 g/mol. The van der Waals surface area contributed by atoms with Gasteiger partial charge in [0.2, 0.25) is 0 Å². The van der Waals surface area contributed by atoms with Gasteiger partial charge in [-0.3, -0.25) is 0 Å². The molecule has 0 radical (unpaired) electrons. The molecule has 0 amide bonds. The van der Waals surface area contributed by atoms with Crippen molar-refractivity contribution in [2.45, 2.75) is 26.4 Å². The summed E-state index contributed by atoms with van der Waals surface area (Å²) >= 11 is 8.17. The third-order valence-electron chi connectivity index (χ3n) is 4.43. The standard InChI is InChI=1S/C19H19ClN2S/c1-13-4-2-5-14(10-13)6-3-9-22-17-7-8-21-11-15(17)18-16(20)12-23-19(18)22/h2-6,10,12,21H,7-9,11H2,1H3/b6-3+. The quantitative estimate of drug-likeness (QED) is 0.706. The van der Waals surface area contributed by atoms with Crippen LogP contribution in [0.4, 0.5) is 0 Å². The van der Waals surface area contributed by atoms with Crippen molar-refractivity contribution in [2.75, 3.05) is 6.54 Å². The molecule has 2 aromatic heterocycles. The Kier molecular flexibility index (Phi) is 4.02. The molecular weight excluding hydrogens is 324 g/mol. The first-order chi connectivity index (χ1) is 11.2. The van der Waals surface area contributed by atoms with Crippen LogP contribution >= 0.6 is 22.9 Å². The zero-order valence-corrected chi connectivity index (χ0v) is 14.7. The molecule has 0 unspecified atom stereocenters. The van der Waals surface area contributed by atoms with Gasteiger partial charge in [-0.1, -0.05) is 53.6 Å². The number of rotatable bonds is 3. The molecule has 1 aliphatic rings. The normalized spacial score (nSPS) is 14.7. The van der Waals surface area contributed by atoms with Crippen molar-refractivity contribution in [3.63, 3.8) is 0 Å². The van der Waals surface area contributed by atoms with E-state index in [-0.39, 0.29) is 0 Å². The van der Waals surface area contributed by atoms with Crippen molar-refractivity contribution >= 4 is 39.2 Å². The van der Waals surface area contributed by atoms with E-state index in [1.165, 1.54) is 32.6 Å². The van der Waals surface area contributed by atoms with E-state index >= 15 is 0 Å². The van der Waals surface area contributed by atoms with Gasteiger partial charge in [0.1, 0.15) is 4.83 Å². The maximum absolute atomic E-state index is 6.42. The Morgan fingerprint density at radius 2 is 2.30 bits per heavy atom. The number of nitrogens with zero attached hydrogens (tertiary/aromatic N) is 1. The van der Waals surface area contributed by atoms with Crippen molar-refractivity contribution in [1.82, 2.24) is 9.88 Å². The Balaban J connectivity index is 1.69. The molecule has 0 fully saturated rings. The molecule has 4 rings (SSSR count). The second kappa shape index (κ2) is 6.16. The van der Waals surface area contributed by atoms with Crippen LogP contribution in [0.25, 0.3) is 16.3 Å². The summed E-state index contributed by atoms with van der Waals surface area (Å²) in [4.78, 5) is 1.30. The van der Waals surface area contributed by atoms with Crippen LogP contribution in [0, 0.1) is 6.92 Å². The lowest BCUT2D eigenvalue weighted by Gasteiger charge is -2.16. The Morgan fingerprint density at radius 1 is 1.39 bits per heavy atom. The minimum atomic E-state index is 0.895. The second-order valence-corrected chi connectivity index (χ2v) is 7.31. The van der Waals surface area contributed by atoms with Crippen LogP contribution in [-0.2, 0) is 19.5 Å². The summed E-state index contributed by atoms with van der Waals surface area (Å²) in [5, 5.41) is 7.67. The average molecular weight is 343 g/mol. The van der Waals surface area contributed by atoms with Crippen LogP contribution in [-0.4, -0.2) is 11.1 Å². The number of hydrogen-bond acceptors (Lipinski definition) is 2. The molecule has 2 nitrogen and oxygen atoms in total. The first-order valence-electron chi connectivity index (χ1n) is 7.95. The van der Waals surface area contributed by atoms with Gasteiger partial charge in [-0.2, -0.15) is 0 Å². The molecule has 0 atom stereocenters. The topological polar surface area (TPSA) is 17.0 Å². The fourth-order valence-corrected chi connectivity index (χ4v) is 4.78. The molecule has 23 heavy (non-hydrogen) atoms. The lowest BCUT2D eigenvalue weighted by Crippen LogP contribution is -2.24. The van der Waals surface area contributed by atoms with Gasteiger partial charge in [0, 0.05) is 42.5 Å². The van der Waals surface area contributed by atoms with E-state index in [1.807, 2.05) is 0 Å². The van der Waals surface area contributed by atoms with Gasteiger partial charge in [0.15, 0.2) is 0 Å². The Morgan fingerprint density at radius 3 is 3.17 bits per heavy atom. The molecule has 118 valence electrons. The molecular formula is C19H19ClN2S. The van der Waals surface area contributed by atoms with Gasteiger partial charge in [-0.25, -0.2) is 0 Å². The highest BCUT2D eigenvalue weighted by atomic mass is 35.5. The summed E-state index contributed by atoms with van der Waals surface area (Å²) in [5.74, 6) is 0. The SMILES string of the molecule is Cc1cccc(/C=C/Cn2c3c(c4c(Cl)csc42)CNCC3)c1. The predicted molar refractivity (Wildman–Crippen MR) is 100 cm³/mol. The maximum atomic E-state index is 6.42. The minimum absolute atomic E-state index is 0.895. The number of hydrogen-bond donors (Lipinski definition) is 1. The first kappa shape index (κ1) is 15.0. The van der Waals surface area contributed by atoms with Crippen LogP contribution in [0.3, 0.4) is 0 Å². The fraction of sp³-hybridized carbons (Fsp3) is 0.263. The zero-order chi connectivity index (χ0) is 15.8. The molecule has 3 aromatic rings. The minimum Gasteiger partial charge on any atom is -0.332 e. The van der Waals surface area contributed by atoms with E-state index in [9.17, 15) is 0 Å². The van der Waals surface area contributed by atoms with Gasteiger partial charge in [-0.15, -0.1) is 11.3 Å². The molecule has 4 heteroatoms. The van der Waals surface area contributed by atoms with Crippen LogP contribution in [0.15, 0.2) is 35.7 Å². The molecule has 0 bridgehead atoms. The van der Waals surface area contributed by atoms with Gasteiger partial charge in [0.25, 0.3) is 0 Å². The van der Waals surface area contributed by atoms with Crippen molar-refractivity contribution in [1.29, 1.82) is 0 Å². The van der Waals surface area contributed by atoms with E-state index in [0.717, 1.165) is 31.1 Å². The number of allylic oxidation sites excluding steroid dienone is 1. The van der Waals surface area contributed by atoms with E-state index in [2.05, 4.69) is 58.6 Å². The summed E-state index contributed by atoms with van der Waals surface area (Å²) in [6.45, 7) is 5.00. The molecule has 0 spiro atoms. The van der Waals surface area contributed by atoms with Crippen molar-refractivity contribution in [2.24, 2.45) is 0 Å². The number of thiophene rings is 1. The Hall–Kier alpha value is -1.55. The summed E-state index contributed by atoms with van der Waals surface area (Å²) in [5.41, 5.74) is 5.39. The first-order valence-corrected chi connectivity index (χ1v) is 9.20. The number of benzene rings is 1. The molecule has 3 heterocycles. The largest absolute Gasteiger partial charge is 0.332 e. The van der Waals surface area contributed by atoms with Crippen LogP contribution < -0.4 is 5.32 Å². The average Bonchev–Trinajstić information content (AvgIpc) is 3.07. The molecule has 0 saturated carbocycles. The van der Waals surface area contributed by atoms with Crippen molar-refractivity contribution < 1.29 is 0 Å². The van der Waals surface area contributed by atoms with Crippen LogP contribution in [0.1, 0.15) is 22.4 Å². The van der Waals surface area contributed by atoms with Crippen molar-refractivity contribution in [3.05, 3.63) is 63.1 Å². The van der Waals surface area contributed by atoms with E-state index < -0.39 is 0 Å². The lowest BCUT2D eigenvalue weighted by molar-refractivity contribution is 0.614. The summed E-state index contributed by atoms with van der Waals surface area (Å²) in [7, 11) is 0. The molecule has 0 aliphatic carbocycles. The van der Waals surface area contributed by atoms with E-state index in [0.29, 0.717) is 0 Å². The van der Waals surface area contributed by atoms with Gasteiger partial charge in [-0.05, 0) is 18.1 Å². The highest BCUT2D eigenvalue weighted by Gasteiger charge is 2.22. The van der Waals surface area contributed by atoms with E-state index in [1.54, 1.807) is 11.3 Å². The smallest absolute Gasteiger partial charge is 0.105 e. The summed E-state index contributed by atoms with van der Waals surface area (Å²) in [6.07, 6.45) is 5.54. The Labute approximate surface area is 145 Å². The number of halogens is 1. The molecule has 0 saturated heterocycles. The second-order valence-electron chi connectivity index (χ2n) is 6.04. The van der Waals surface area contributed by atoms with Gasteiger partial charge in [0.05, 0.1) is 5.02 Å². The number of aromatic nitrogens is 1. The molecule has 1 aliphatic heterocycles. The highest BCUT2D eigenvalue weighted by Crippen LogP contribution is 2.38. The summed E-state index contributed by atoms with van der Waals surface area (Å²) in [6, 6.07) is 8.60. The van der Waals surface area contributed by atoms with Gasteiger partial charge >= 0.3 is 0 Å². The number of aryl methyl sites for hydroxylation is 1.